The summed E-state index contributed by atoms with van der Waals surface area (Å²) in [4.78, 5) is 28.5. The molecule has 0 bridgehead atoms. The first-order chi connectivity index (χ1) is 15.0. The zero-order chi connectivity index (χ0) is 22.2. The van der Waals surface area contributed by atoms with E-state index >= 15 is 0 Å². The maximum absolute atomic E-state index is 12.0. The Morgan fingerprint density at radius 3 is 2.29 bits per heavy atom. The largest absolute Gasteiger partial charge is 0.366 e. The third kappa shape index (κ3) is 5.76. The van der Waals surface area contributed by atoms with Gasteiger partial charge in [0, 0.05) is 24.3 Å². The molecule has 1 heterocycles. The van der Waals surface area contributed by atoms with E-state index in [4.69, 9.17) is 5.73 Å². The molecule has 5 nitrogen and oxygen atoms in total. The number of primary amides is 1. The van der Waals surface area contributed by atoms with Gasteiger partial charge in [-0.1, -0.05) is 78.4 Å². The summed E-state index contributed by atoms with van der Waals surface area (Å²) in [6.07, 6.45) is 3.05. The lowest BCUT2D eigenvalue weighted by atomic mass is 10.0. The van der Waals surface area contributed by atoms with E-state index < -0.39 is 5.91 Å². The van der Waals surface area contributed by atoms with Crippen molar-refractivity contribution in [2.45, 2.75) is 6.92 Å². The normalized spacial score (nSPS) is 13.0. The number of hydrogen-bond acceptors (Lipinski definition) is 3. The van der Waals surface area contributed by atoms with Gasteiger partial charge in [-0.25, -0.2) is 0 Å². The van der Waals surface area contributed by atoms with Crippen LogP contribution in [0.4, 0.5) is 5.69 Å². The van der Waals surface area contributed by atoms with Crippen LogP contribution in [0.25, 0.3) is 6.08 Å². The summed E-state index contributed by atoms with van der Waals surface area (Å²) >= 11 is 0. The summed E-state index contributed by atoms with van der Waals surface area (Å²) in [6.45, 7) is 2.21. The second-order valence-corrected chi connectivity index (χ2v) is 7.15. The number of amides is 2. The molecule has 156 valence electrons. The summed E-state index contributed by atoms with van der Waals surface area (Å²) in [7, 11) is 1.80. The fourth-order valence-corrected chi connectivity index (χ4v) is 3.14. The van der Waals surface area contributed by atoms with Crippen molar-refractivity contribution in [2.75, 3.05) is 18.5 Å². The van der Waals surface area contributed by atoms with E-state index in [1.165, 1.54) is 11.6 Å². The molecule has 0 fully saturated rings. The van der Waals surface area contributed by atoms with E-state index in [0.717, 1.165) is 28.1 Å². The van der Waals surface area contributed by atoms with Gasteiger partial charge in [-0.15, -0.1) is 0 Å². The monoisotopic (exact) mass is 411 g/mol. The predicted octanol–water partition coefficient (Wildman–Crippen LogP) is 3.99. The van der Waals surface area contributed by atoms with Gasteiger partial charge in [-0.2, -0.15) is 0 Å². The van der Waals surface area contributed by atoms with E-state index in [2.05, 4.69) is 4.99 Å². The lowest BCUT2D eigenvalue weighted by Crippen LogP contribution is -2.27. The number of carbonyl (C=O) groups excluding carboxylic acids is 2. The van der Waals surface area contributed by atoms with Gasteiger partial charge in [0.15, 0.2) is 0 Å². The lowest BCUT2D eigenvalue weighted by molar-refractivity contribution is -0.117. The van der Waals surface area contributed by atoms with E-state index in [9.17, 15) is 9.59 Å². The fraction of sp³-hybridized carbons (Fsp3) is 0.115. The molecular formula is C26H25N3O2. The number of fused-ring (bicyclic) bond motifs is 1. The minimum atomic E-state index is -0.421. The second kappa shape index (κ2) is 10.2. The first-order valence-electron chi connectivity index (χ1n) is 9.95. The van der Waals surface area contributed by atoms with Crippen LogP contribution >= 0.6 is 0 Å². The molecular weight excluding hydrogens is 386 g/mol. The highest BCUT2D eigenvalue weighted by molar-refractivity contribution is 6.19. The number of hydrogen-bond donors (Lipinski definition) is 1. The topological polar surface area (TPSA) is 75.8 Å². The number of carbonyl (C=O) groups is 2. The van der Waals surface area contributed by atoms with Crippen molar-refractivity contribution in [2.24, 2.45) is 10.7 Å². The van der Waals surface area contributed by atoms with Crippen LogP contribution in [0.1, 0.15) is 22.3 Å². The van der Waals surface area contributed by atoms with E-state index in [1.807, 2.05) is 85.8 Å². The molecule has 3 aromatic carbocycles. The summed E-state index contributed by atoms with van der Waals surface area (Å²) < 4.78 is 0. The highest BCUT2D eigenvalue weighted by Crippen LogP contribution is 2.25. The van der Waals surface area contributed by atoms with Gasteiger partial charge >= 0.3 is 0 Å². The summed E-state index contributed by atoms with van der Waals surface area (Å²) in [5.41, 5.74) is 11.0. The number of rotatable bonds is 3. The average Bonchev–Trinajstić information content (AvgIpc) is 2.91. The second-order valence-electron chi connectivity index (χ2n) is 7.15. The van der Waals surface area contributed by atoms with Crippen LogP contribution in [0.2, 0.25) is 0 Å². The Morgan fingerprint density at radius 2 is 1.61 bits per heavy atom. The minimum Gasteiger partial charge on any atom is -0.366 e. The van der Waals surface area contributed by atoms with Gasteiger partial charge in [0.1, 0.15) is 6.54 Å². The highest BCUT2D eigenvalue weighted by atomic mass is 16.2. The van der Waals surface area contributed by atoms with Gasteiger partial charge < -0.3 is 10.6 Å². The maximum Gasteiger partial charge on any atom is 0.248 e. The molecule has 0 aliphatic carbocycles. The van der Waals surface area contributed by atoms with Crippen LogP contribution in [0.5, 0.6) is 0 Å². The van der Waals surface area contributed by atoms with E-state index in [-0.39, 0.29) is 12.5 Å². The number of aryl methyl sites for hydroxylation is 1. The standard InChI is InChI=1S/C16H14N2O.C10H11NO/c1-18-14-10-6-5-9-13(14)16(17-11-15(18)19)12-7-3-2-4-8-12;1-8-2-4-9(5-3-8)6-7-10(11)12/h2-10H,11H2,1H3;2-7H,1H3,(H2,11,12)/b;7-6+. The van der Waals surface area contributed by atoms with Crippen molar-refractivity contribution in [3.8, 4) is 0 Å². The Bertz CT molecular complexity index is 1120. The van der Waals surface area contributed by atoms with Crippen LogP contribution in [0.15, 0.2) is 89.9 Å². The van der Waals surface area contributed by atoms with Crippen LogP contribution in [-0.2, 0) is 9.59 Å². The Kier molecular flexibility index (Phi) is 7.12. The number of nitrogens with two attached hydrogens (primary N) is 1. The number of benzodiazepines with no additional fused rings is 1. The summed E-state index contributed by atoms with van der Waals surface area (Å²) in [6, 6.07) is 25.7. The zero-order valence-corrected chi connectivity index (χ0v) is 17.7. The maximum atomic E-state index is 12.0. The predicted molar refractivity (Wildman–Crippen MR) is 126 cm³/mol. The third-order valence-corrected chi connectivity index (χ3v) is 4.83. The summed E-state index contributed by atoms with van der Waals surface area (Å²) in [5.74, 6) is -0.408. The van der Waals surface area contributed by atoms with Crippen molar-refractivity contribution in [3.63, 3.8) is 0 Å². The van der Waals surface area contributed by atoms with Gasteiger partial charge in [-0.05, 0) is 24.6 Å². The molecule has 5 heteroatoms. The van der Waals surface area contributed by atoms with Crippen molar-refractivity contribution < 1.29 is 9.59 Å². The molecule has 0 saturated heterocycles. The van der Waals surface area contributed by atoms with Crippen LogP contribution in [0.3, 0.4) is 0 Å². The first-order valence-corrected chi connectivity index (χ1v) is 9.95. The van der Waals surface area contributed by atoms with Crippen molar-refractivity contribution >= 4 is 29.3 Å². The third-order valence-electron chi connectivity index (χ3n) is 4.83. The van der Waals surface area contributed by atoms with Crippen LogP contribution < -0.4 is 10.6 Å². The minimum absolute atomic E-state index is 0.0124. The molecule has 0 aromatic heterocycles. The Balaban J connectivity index is 0.000000196. The number of likely N-dealkylation sites (N-methyl/N-ethyl adjacent to an activating group) is 1. The van der Waals surface area contributed by atoms with Crippen LogP contribution in [-0.4, -0.2) is 31.1 Å². The van der Waals surface area contributed by atoms with Crippen molar-refractivity contribution in [3.05, 3.63) is 107 Å². The molecule has 0 spiro atoms. The van der Waals surface area contributed by atoms with Gasteiger partial charge in [0.05, 0.1) is 11.4 Å². The molecule has 2 amide bonds. The molecule has 2 N–H and O–H groups in total. The molecule has 31 heavy (non-hydrogen) atoms. The number of benzene rings is 3. The number of aliphatic imine (C=N–C) groups is 1. The number of anilines is 1. The molecule has 1 aliphatic heterocycles. The Morgan fingerprint density at radius 1 is 0.968 bits per heavy atom. The van der Waals surface area contributed by atoms with E-state index in [0.29, 0.717) is 0 Å². The molecule has 0 radical (unpaired) electrons. The quantitative estimate of drug-likeness (QED) is 0.662. The smallest absolute Gasteiger partial charge is 0.248 e. The van der Waals surface area contributed by atoms with Gasteiger partial charge in [0.25, 0.3) is 0 Å². The van der Waals surface area contributed by atoms with Crippen molar-refractivity contribution in [1.29, 1.82) is 0 Å². The van der Waals surface area contributed by atoms with E-state index in [1.54, 1.807) is 18.0 Å². The summed E-state index contributed by atoms with van der Waals surface area (Å²) in [5, 5.41) is 0. The average molecular weight is 412 g/mol. The molecule has 0 atom stereocenters. The van der Waals surface area contributed by atoms with Crippen molar-refractivity contribution in [1.82, 2.24) is 0 Å². The molecule has 0 unspecified atom stereocenters. The Hall–Kier alpha value is -3.99. The van der Waals surface area contributed by atoms with Gasteiger partial charge in [-0.3, -0.25) is 14.6 Å². The zero-order valence-electron chi connectivity index (χ0n) is 17.7. The first kappa shape index (κ1) is 21.7. The lowest BCUT2D eigenvalue weighted by Gasteiger charge is -2.17. The molecule has 1 aliphatic rings. The van der Waals surface area contributed by atoms with Crippen LogP contribution in [0, 0.1) is 6.92 Å². The van der Waals surface area contributed by atoms with Gasteiger partial charge in [0.2, 0.25) is 11.8 Å². The molecule has 4 rings (SSSR count). The number of nitrogens with zero attached hydrogens (tertiary/aromatic N) is 2. The molecule has 3 aromatic rings. The molecule has 0 saturated carbocycles. The number of para-hydroxylation sites is 1. The SMILES string of the molecule is CN1C(=O)CN=C(c2ccccc2)c2ccccc21.Cc1ccc(/C=C/C(N)=O)cc1. The fourth-order valence-electron chi connectivity index (χ4n) is 3.14. The highest BCUT2D eigenvalue weighted by Gasteiger charge is 2.21. The Labute approximate surface area is 182 Å².